The third-order valence-corrected chi connectivity index (χ3v) is 1.73. The normalized spacial score (nSPS) is 12.6. The van der Waals surface area contributed by atoms with Gasteiger partial charge in [0.25, 0.3) is 0 Å². The highest BCUT2D eigenvalue weighted by molar-refractivity contribution is 5.40. The highest BCUT2D eigenvalue weighted by Crippen LogP contribution is 2.09. The molecule has 4 heteroatoms. The molecule has 1 aromatic heterocycles. The van der Waals surface area contributed by atoms with Gasteiger partial charge in [-0.05, 0) is 20.8 Å². The van der Waals surface area contributed by atoms with Gasteiger partial charge in [0.05, 0.1) is 18.0 Å². The van der Waals surface area contributed by atoms with E-state index in [0.717, 1.165) is 17.2 Å². The summed E-state index contributed by atoms with van der Waals surface area (Å²) in [5, 5.41) is 11.9. The van der Waals surface area contributed by atoms with Crippen molar-refractivity contribution in [2.75, 3.05) is 11.9 Å². The van der Waals surface area contributed by atoms with Crippen LogP contribution in [0.3, 0.4) is 0 Å². The van der Waals surface area contributed by atoms with Crippen molar-refractivity contribution in [1.29, 1.82) is 0 Å². The lowest BCUT2D eigenvalue weighted by atomic mass is 10.3. The summed E-state index contributed by atoms with van der Waals surface area (Å²) in [5.41, 5.74) is 1.73. The second-order valence-corrected chi connectivity index (χ2v) is 3.17. The second kappa shape index (κ2) is 4.18. The van der Waals surface area contributed by atoms with Gasteiger partial charge < -0.3 is 10.4 Å². The van der Waals surface area contributed by atoms with Gasteiger partial charge in [-0.25, -0.2) is 4.98 Å². The van der Waals surface area contributed by atoms with Gasteiger partial charge in [-0.15, -0.1) is 0 Å². The van der Waals surface area contributed by atoms with Crippen LogP contribution in [0.25, 0.3) is 0 Å². The van der Waals surface area contributed by atoms with E-state index in [1.165, 1.54) is 0 Å². The Morgan fingerprint density at radius 3 is 2.85 bits per heavy atom. The monoisotopic (exact) mass is 181 g/mol. The first-order valence-electron chi connectivity index (χ1n) is 4.31. The van der Waals surface area contributed by atoms with Gasteiger partial charge in [-0.3, -0.25) is 4.98 Å². The maximum atomic E-state index is 8.85. The number of hydrogen-bond donors (Lipinski definition) is 2. The largest absolute Gasteiger partial charge is 0.394 e. The number of nitrogens with one attached hydrogen (secondary N) is 1. The Balaban J connectivity index is 2.81. The summed E-state index contributed by atoms with van der Waals surface area (Å²) in [7, 11) is 0. The van der Waals surface area contributed by atoms with Crippen LogP contribution in [0.5, 0.6) is 0 Å². The Labute approximate surface area is 78.0 Å². The molecule has 0 saturated carbocycles. The van der Waals surface area contributed by atoms with E-state index in [4.69, 9.17) is 5.11 Å². The Hall–Kier alpha value is -1.16. The average Bonchev–Trinajstić information content (AvgIpc) is 2.11. The van der Waals surface area contributed by atoms with Crippen LogP contribution in [-0.2, 0) is 0 Å². The average molecular weight is 181 g/mol. The Morgan fingerprint density at radius 1 is 1.54 bits per heavy atom. The lowest BCUT2D eigenvalue weighted by Crippen LogP contribution is -2.21. The van der Waals surface area contributed by atoms with Gasteiger partial charge in [0.2, 0.25) is 0 Å². The summed E-state index contributed by atoms with van der Waals surface area (Å²) in [4.78, 5) is 8.44. The topological polar surface area (TPSA) is 58.0 Å². The SMILES string of the molecule is Cc1cnc(C)c(NC(C)CO)n1. The highest BCUT2D eigenvalue weighted by Gasteiger charge is 2.04. The Morgan fingerprint density at radius 2 is 2.23 bits per heavy atom. The molecule has 13 heavy (non-hydrogen) atoms. The summed E-state index contributed by atoms with van der Waals surface area (Å²) >= 11 is 0. The van der Waals surface area contributed by atoms with E-state index in [9.17, 15) is 0 Å². The van der Waals surface area contributed by atoms with E-state index in [-0.39, 0.29) is 12.6 Å². The molecule has 1 rings (SSSR count). The van der Waals surface area contributed by atoms with Crippen LogP contribution >= 0.6 is 0 Å². The molecule has 0 saturated heterocycles. The number of aliphatic hydroxyl groups excluding tert-OH is 1. The smallest absolute Gasteiger partial charge is 0.148 e. The van der Waals surface area contributed by atoms with E-state index in [0.29, 0.717) is 0 Å². The first kappa shape index (κ1) is 9.92. The fraction of sp³-hybridized carbons (Fsp3) is 0.556. The fourth-order valence-electron chi connectivity index (χ4n) is 0.953. The van der Waals surface area contributed by atoms with Gasteiger partial charge in [0.1, 0.15) is 5.82 Å². The molecule has 1 aromatic rings. The minimum absolute atomic E-state index is 0.00907. The molecule has 0 aliphatic rings. The van der Waals surface area contributed by atoms with Gasteiger partial charge in [0.15, 0.2) is 0 Å². The number of anilines is 1. The molecule has 0 fully saturated rings. The van der Waals surface area contributed by atoms with E-state index >= 15 is 0 Å². The van der Waals surface area contributed by atoms with Crippen LogP contribution in [0.4, 0.5) is 5.82 Å². The highest BCUT2D eigenvalue weighted by atomic mass is 16.3. The quantitative estimate of drug-likeness (QED) is 0.727. The summed E-state index contributed by atoms with van der Waals surface area (Å²) in [6.45, 7) is 5.76. The molecule has 0 aliphatic heterocycles. The zero-order valence-electron chi connectivity index (χ0n) is 8.20. The molecular weight excluding hydrogens is 166 g/mol. The standard InChI is InChI=1S/C9H15N3O/c1-6-4-10-8(3)9(11-6)12-7(2)5-13/h4,7,13H,5H2,1-3H3,(H,11,12). The molecule has 1 atom stereocenters. The van der Waals surface area contributed by atoms with E-state index in [2.05, 4.69) is 15.3 Å². The first-order valence-corrected chi connectivity index (χ1v) is 4.31. The van der Waals surface area contributed by atoms with Crippen LogP contribution in [0.2, 0.25) is 0 Å². The number of aliphatic hydroxyl groups is 1. The van der Waals surface area contributed by atoms with Crippen LogP contribution in [0.15, 0.2) is 6.20 Å². The Kier molecular flexibility index (Phi) is 3.19. The van der Waals surface area contributed by atoms with Gasteiger partial charge in [-0.1, -0.05) is 0 Å². The van der Waals surface area contributed by atoms with Crippen molar-refractivity contribution >= 4 is 5.82 Å². The second-order valence-electron chi connectivity index (χ2n) is 3.17. The van der Waals surface area contributed by atoms with E-state index in [1.807, 2.05) is 20.8 Å². The fourth-order valence-corrected chi connectivity index (χ4v) is 0.953. The number of aromatic nitrogens is 2. The van der Waals surface area contributed by atoms with Crippen molar-refractivity contribution in [1.82, 2.24) is 9.97 Å². The molecule has 1 unspecified atom stereocenters. The minimum atomic E-state index is 0.00907. The molecular formula is C9H15N3O. The zero-order valence-corrected chi connectivity index (χ0v) is 8.20. The number of hydrogen-bond acceptors (Lipinski definition) is 4. The number of nitrogens with zero attached hydrogens (tertiary/aromatic N) is 2. The lowest BCUT2D eigenvalue weighted by molar-refractivity contribution is 0.281. The van der Waals surface area contributed by atoms with Crippen molar-refractivity contribution in [3.05, 3.63) is 17.6 Å². The maximum absolute atomic E-state index is 8.85. The summed E-state index contributed by atoms with van der Waals surface area (Å²) in [6.07, 6.45) is 1.73. The molecule has 72 valence electrons. The molecule has 0 aromatic carbocycles. The van der Waals surface area contributed by atoms with Crippen molar-refractivity contribution < 1.29 is 5.11 Å². The molecule has 2 N–H and O–H groups in total. The number of rotatable bonds is 3. The van der Waals surface area contributed by atoms with Crippen molar-refractivity contribution in [3.8, 4) is 0 Å². The first-order chi connectivity index (χ1) is 6.13. The van der Waals surface area contributed by atoms with Crippen LogP contribution in [0.1, 0.15) is 18.3 Å². The van der Waals surface area contributed by atoms with Crippen LogP contribution in [0, 0.1) is 13.8 Å². The maximum Gasteiger partial charge on any atom is 0.148 e. The molecule has 0 bridgehead atoms. The predicted molar refractivity (Wildman–Crippen MR) is 51.7 cm³/mol. The van der Waals surface area contributed by atoms with Crippen LogP contribution in [-0.4, -0.2) is 27.7 Å². The molecule has 4 nitrogen and oxygen atoms in total. The predicted octanol–water partition coefficient (Wildman–Crippen LogP) is 0.886. The van der Waals surface area contributed by atoms with Gasteiger partial charge in [-0.2, -0.15) is 0 Å². The van der Waals surface area contributed by atoms with Crippen LogP contribution < -0.4 is 5.32 Å². The van der Waals surface area contributed by atoms with Gasteiger partial charge in [0, 0.05) is 12.2 Å². The van der Waals surface area contributed by atoms with E-state index < -0.39 is 0 Å². The van der Waals surface area contributed by atoms with Gasteiger partial charge >= 0.3 is 0 Å². The molecule has 0 amide bonds. The lowest BCUT2D eigenvalue weighted by Gasteiger charge is -2.13. The minimum Gasteiger partial charge on any atom is -0.394 e. The Bertz CT molecular complexity index is 288. The molecule has 0 spiro atoms. The van der Waals surface area contributed by atoms with E-state index in [1.54, 1.807) is 6.20 Å². The third kappa shape index (κ3) is 2.66. The molecule has 0 radical (unpaired) electrons. The summed E-state index contributed by atoms with van der Waals surface area (Å²) < 4.78 is 0. The van der Waals surface area contributed by atoms with Crippen molar-refractivity contribution in [3.63, 3.8) is 0 Å². The molecule has 0 aliphatic carbocycles. The summed E-state index contributed by atoms with van der Waals surface area (Å²) in [5.74, 6) is 0.751. The molecule has 1 heterocycles. The zero-order chi connectivity index (χ0) is 9.84. The summed E-state index contributed by atoms with van der Waals surface area (Å²) in [6, 6.07) is 0.00907. The van der Waals surface area contributed by atoms with Crippen molar-refractivity contribution in [2.45, 2.75) is 26.8 Å². The number of aryl methyl sites for hydroxylation is 2. The third-order valence-electron chi connectivity index (χ3n) is 1.73. The van der Waals surface area contributed by atoms with Crippen molar-refractivity contribution in [2.24, 2.45) is 0 Å².